The van der Waals surface area contributed by atoms with Gasteiger partial charge in [-0.3, -0.25) is 0 Å². The molecule has 6 heteroatoms. The first-order valence-electron chi connectivity index (χ1n) is 12.2. The molecular weight excluding hydrogens is 442 g/mol. The molecule has 1 amide bonds. The fourth-order valence-corrected chi connectivity index (χ4v) is 9.50. The molecule has 1 N–H and O–H groups in total. The normalized spacial score (nSPS) is 21.9. The molecule has 2 aromatic rings. The molecule has 1 fully saturated rings. The maximum atomic E-state index is 13.1. The molecule has 0 aliphatic carbocycles. The summed E-state index contributed by atoms with van der Waals surface area (Å²) < 4.78 is 12.8. The van der Waals surface area contributed by atoms with Gasteiger partial charge in [0.2, 0.25) is 0 Å². The number of β-amino-alcohol motifs (C(OH)–C–C–N with tert-alkyl or cyclic N) is 1. The second kappa shape index (κ2) is 9.84. The van der Waals surface area contributed by atoms with Crippen molar-refractivity contribution in [2.75, 3.05) is 13.2 Å². The van der Waals surface area contributed by atoms with Crippen LogP contribution < -0.4 is 10.4 Å². The van der Waals surface area contributed by atoms with Crippen molar-refractivity contribution in [2.24, 2.45) is 0 Å². The van der Waals surface area contributed by atoms with Crippen LogP contribution in [-0.4, -0.2) is 54.8 Å². The summed E-state index contributed by atoms with van der Waals surface area (Å²) >= 11 is 0. The van der Waals surface area contributed by atoms with E-state index in [1.165, 1.54) is 10.4 Å². The zero-order valence-electron chi connectivity index (χ0n) is 21.8. The molecule has 1 unspecified atom stereocenters. The molecule has 186 valence electrons. The van der Waals surface area contributed by atoms with E-state index in [-0.39, 0.29) is 17.6 Å². The van der Waals surface area contributed by atoms with E-state index >= 15 is 0 Å². The van der Waals surface area contributed by atoms with Crippen molar-refractivity contribution in [1.82, 2.24) is 4.90 Å². The molecule has 0 aromatic heterocycles. The van der Waals surface area contributed by atoms with E-state index in [0.717, 1.165) is 0 Å². The van der Waals surface area contributed by atoms with Gasteiger partial charge in [0.25, 0.3) is 8.32 Å². The molecule has 0 bridgehead atoms. The molecule has 2 atom stereocenters. The maximum Gasteiger partial charge on any atom is 0.410 e. The molecule has 1 aliphatic rings. The van der Waals surface area contributed by atoms with Crippen LogP contribution in [-0.2, 0) is 9.16 Å². The third-order valence-corrected chi connectivity index (χ3v) is 11.5. The molecule has 0 saturated carbocycles. The Morgan fingerprint density at radius 2 is 1.50 bits per heavy atom. The predicted molar refractivity (Wildman–Crippen MR) is 140 cm³/mol. The summed E-state index contributed by atoms with van der Waals surface area (Å²) in [6.07, 6.45) is 0.870. The molecular formula is C28H41NO4Si. The summed E-state index contributed by atoms with van der Waals surface area (Å²) in [5, 5.41) is 13.0. The van der Waals surface area contributed by atoms with Crippen molar-refractivity contribution >= 4 is 24.8 Å². The lowest BCUT2D eigenvalue weighted by Gasteiger charge is -2.47. The number of hydrogen-bond donors (Lipinski definition) is 1. The lowest BCUT2D eigenvalue weighted by Crippen LogP contribution is -2.68. The highest BCUT2D eigenvalue weighted by molar-refractivity contribution is 6.99. The number of aliphatic hydroxyl groups is 1. The molecule has 2 aromatic carbocycles. The summed E-state index contributed by atoms with van der Waals surface area (Å²) in [4.78, 5) is 14.8. The highest BCUT2D eigenvalue weighted by Gasteiger charge is 2.51. The highest BCUT2D eigenvalue weighted by atomic mass is 28.4. The number of piperidine rings is 1. The SMILES string of the molecule is CC1(O)CC[C@H](CO[Si](c2ccccc2)(c2ccccc2)C(C)(C)C)N(C(=O)OC(C)(C)C)C1. The average molecular weight is 484 g/mol. The maximum absolute atomic E-state index is 13.1. The number of ether oxygens (including phenoxy) is 1. The zero-order chi connectivity index (χ0) is 25.2. The van der Waals surface area contributed by atoms with Gasteiger partial charge in [0.15, 0.2) is 0 Å². The van der Waals surface area contributed by atoms with Gasteiger partial charge in [-0.25, -0.2) is 4.79 Å². The third-order valence-electron chi connectivity index (χ3n) is 6.50. The monoisotopic (exact) mass is 483 g/mol. The average Bonchev–Trinajstić information content (AvgIpc) is 2.74. The minimum atomic E-state index is -2.72. The molecule has 34 heavy (non-hydrogen) atoms. The van der Waals surface area contributed by atoms with Gasteiger partial charge in [-0.15, -0.1) is 0 Å². The molecule has 0 spiro atoms. The van der Waals surface area contributed by atoms with E-state index in [1.807, 2.05) is 32.9 Å². The first kappa shape index (κ1) is 26.5. The number of rotatable bonds is 5. The van der Waals surface area contributed by atoms with E-state index in [2.05, 4.69) is 69.3 Å². The van der Waals surface area contributed by atoms with Crippen LogP contribution >= 0.6 is 0 Å². The van der Waals surface area contributed by atoms with E-state index in [9.17, 15) is 9.90 Å². The molecule has 3 rings (SSSR count). The minimum absolute atomic E-state index is 0.146. The zero-order valence-corrected chi connectivity index (χ0v) is 22.8. The number of carbonyl (C=O) groups excluding carboxylic acids is 1. The lowest BCUT2D eigenvalue weighted by molar-refractivity contribution is -0.0581. The Morgan fingerprint density at radius 1 is 1.00 bits per heavy atom. The van der Waals surface area contributed by atoms with Gasteiger partial charge >= 0.3 is 6.09 Å². The summed E-state index contributed by atoms with van der Waals surface area (Å²) in [6, 6.07) is 20.8. The first-order valence-corrected chi connectivity index (χ1v) is 14.1. The van der Waals surface area contributed by atoms with Gasteiger partial charge in [-0.05, 0) is 55.9 Å². The molecule has 1 heterocycles. The standard InChI is InChI=1S/C28H41NO4Si/c1-26(2,3)33-25(30)29-21-28(7,31)19-18-22(29)20-32-34(27(4,5)6,23-14-10-8-11-15-23)24-16-12-9-13-17-24/h8-17,22,31H,18-21H2,1-7H3/t22-,28?/m1/s1. The molecule has 1 aliphatic heterocycles. The van der Waals surface area contributed by atoms with Crippen LogP contribution in [0.15, 0.2) is 60.7 Å². The molecule has 0 radical (unpaired) electrons. The lowest BCUT2D eigenvalue weighted by atomic mass is 9.91. The first-order chi connectivity index (χ1) is 15.8. The third kappa shape index (κ3) is 5.91. The van der Waals surface area contributed by atoms with E-state index in [1.54, 1.807) is 11.8 Å². The van der Waals surface area contributed by atoms with Crippen molar-refractivity contribution in [2.45, 2.75) is 83.6 Å². The summed E-state index contributed by atoms with van der Waals surface area (Å²) in [7, 11) is -2.72. The van der Waals surface area contributed by atoms with E-state index in [4.69, 9.17) is 9.16 Å². The Bertz CT molecular complexity index is 908. The van der Waals surface area contributed by atoms with Gasteiger partial charge in [0, 0.05) is 0 Å². The predicted octanol–water partition coefficient (Wildman–Crippen LogP) is 4.71. The largest absolute Gasteiger partial charge is 0.444 e. The fraction of sp³-hybridized carbons (Fsp3) is 0.536. The van der Waals surface area contributed by atoms with Crippen molar-refractivity contribution < 1.29 is 19.1 Å². The van der Waals surface area contributed by atoms with Crippen LogP contribution in [0, 0.1) is 0 Å². The van der Waals surface area contributed by atoms with Gasteiger partial charge in [-0.1, -0.05) is 81.4 Å². The highest BCUT2D eigenvalue weighted by Crippen LogP contribution is 2.37. The molecule has 5 nitrogen and oxygen atoms in total. The van der Waals surface area contributed by atoms with Gasteiger partial charge in [-0.2, -0.15) is 0 Å². The Morgan fingerprint density at radius 3 is 1.94 bits per heavy atom. The van der Waals surface area contributed by atoms with Crippen LogP contribution in [0.5, 0.6) is 0 Å². The molecule has 1 saturated heterocycles. The van der Waals surface area contributed by atoms with Crippen LogP contribution in [0.2, 0.25) is 5.04 Å². The van der Waals surface area contributed by atoms with Crippen molar-refractivity contribution in [3.05, 3.63) is 60.7 Å². The number of benzene rings is 2. The summed E-state index contributed by atoms with van der Waals surface area (Å²) in [6.45, 7) is 14.7. The smallest absolute Gasteiger partial charge is 0.410 e. The number of carbonyl (C=O) groups is 1. The Balaban J connectivity index is 1.99. The Labute approximate surface area is 206 Å². The fourth-order valence-electron chi connectivity index (χ4n) is 4.90. The van der Waals surface area contributed by atoms with Crippen molar-refractivity contribution in [3.8, 4) is 0 Å². The Hall–Kier alpha value is -2.15. The van der Waals surface area contributed by atoms with Crippen LogP contribution in [0.4, 0.5) is 4.79 Å². The number of hydrogen-bond acceptors (Lipinski definition) is 4. The number of likely N-dealkylation sites (tertiary alicyclic amines) is 1. The number of amides is 1. The minimum Gasteiger partial charge on any atom is -0.444 e. The van der Waals surface area contributed by atoms with Crippen LogP contribution in [0.1, 0.15) is 61.3 Å². The summed E-state index contributed by atoms with van der Waals surface area (Å²) in [5.41, 5.74) is -1.55. The topological polar surface area (TPSA) is 59.0 Å². The second-order valence-corrected chi connectivity index (χ2v) is 16.1. The number of nitrogens with zero attached hydrogens (tertiary/aromatic N) is 1. The second-order valence-electron chi connectivity index (χ2n) is 11.8. The Kier molecular flexibility index (Phi) is 7.65. The van der Waals surface area contributed by atoms with Crippen LogP contribution in [0.3, 0.4) is 0 Å². The van der Waals surface area contributed by atoms with Crippen LogP contribution in [0.25, 0.3) is 0 Å². The van der Waals surface area contributed by atoms with E-state index < -0.39 is 25.6 Å². The van der Waals surface area contributed by atoms with Crippen molar-refractivity contribution in [1.29, 1.82) is 0 Å². The van der Waals surface area contributed by atoms with Gasteiger partial charge < -0.3 is 19.2 Å². The van der Waals surface area contributed by atoms with Gasteiger partial charge in [0.1, 0.15) is 5.60 Å². The van der Waals surface area contributed by atoms with Crippen molar-refractivity contribution in [3.63, 3.8) is 0 Å². The van der Waals surface area contributed by atoms with Gasteiger partial charge in [0.05, 0.1) is 24.8 Å². The summed E-state index contributed by atoms with van der Waals surface area (Å²) in [5.74, 6) is 0. The van der Waals surface area contributed by atoms with E-state index in [0.29, 0.717) is 19.4 Å². The quantitative estimate of drug-likeness (QED) is 0.626.